The predicted octanol–water partition coefficient (Wildman–Crippen LogP) is 0.701. The molecule has 0 saturated heterocycles. The number of anilines is 1. The number of halogens is 1. The largest absolute Gasteiger partial charge is 0.452 e. The highest BCUT2D eigenvalue weighted by atomic mass is 19.1. The number of ether oxygens (including phenoxy) is 1. The molecule has 0 radical (unpaired) electrons. The molecule has 0 heterocycles. The van der Waals surface area contributed by atoms with E-state index < -0.39 is 24.3 Å². The maximum Gasteiger partial charge on any atom is 0.338 e. The average Bonchev–Trinajstić information content (AvgIpc) is 2.30. The summed E-state index contributed by atoms with van der Waals surface area (Å²) in [4.78, 5) is 22.4. The summed E-state index contributed by atoms with van der Waals surface area (Å²) >= 11 is 0. The second-order valence-electron chi connectivity index (χ2n) is 3.27. The van der Waals surface area contributed by atoms with Gasteiger partial charge in [-0.05, 0) is 25.1 Å². The molecule has 1 aromatic carbocycles. The van der Waals surface area contributed by atoms with Crippen LogP contribution in [0.1, 0.15) is 17.3 Å². The molecule has 0 aromatic heterocycles. The monoisotopic (exact) mass is 240 g/mol. The summed E-state index contributed by atoms with van der Waals surface area (Å²) in [5.74, 6) is -1.87. The molecule has 0 spiro atoms. The molecule has 0 bridgehead atoms. The molecule has 0 unspecified atom stereocenters. The standard InChI is InChI=1S/C11H13FN2O3/c1-2-14-10(15)6-17-11(16)7-3-4-9(13)8(12)5-7/h3-5H,2,6,13H2,1H3,(H,14,15). The molecule has 0 aliphatic rings. The molecule has 0 saturated carbocycles. The van der Waals surface area contributed by atoms with E-state index in [0.717, 1.165) is 6.07 Å². The van der Waals surface area contributed by atoms with Crippen LogP contribution < -0.4 is 11.1 Å². The third-order valence-corrected chi connectivity index (χ3v) is 1.94. The van der Waals surface area contributed by atoms with Gasteiger partial charge in [0, 0.05) is 6.54 Å². The minimum Gasteiger partial charge on any atom is -0.452 e. The van der Waals surface area contributed by atoms with Crippen molar-refractivity contribution in [2.45, 2.75) is 6.92 Å². The van der Waals surface area contributed by atoms with Gasteiger partial charge in [0.2, 0.25) is 0 Å². The average molecular weight is 240 g/mol. The van der Waals surface area contributed by atoms with Gasteiger partial charge in [-0.2, -0.15) is 0 Å². The summed E-state index contributed by atoms with van der Waals surface area (Å²) in [6.45, 7) is 1.81. The van der Waals surface area contributed by atoms with Crippen LogP contribution >= 0.6 is 0 Å². The highest BCUT2D eigenvalue weighted by Gasteiger charge is 2.11. The molecule has 0 aliphatic heterocycles. The number of rotatable bonds is 4. The molecule has 92 valence electrons. The fraction of sp³-hybridized carbons (Fsp3) is 0.273. The van der Waals surface area contributed by atoms with Crippen LogP contribution in [0, 0.1) is 5.82 Å². The summed E-state index contributed by atoms with van der Waals surface area (Å²) in [5, 5.41) is 2.46. The number of benzene rings is 1. The van der Waals surface area contributed by atoms with E-state index in [2.05, 4.69) is 10.1 Å². The molecule has 3 N–H and O–H groups in total. The number of hydrogen-bond acceptors (Lipinski definition) is 4. The molecule has 1 aromatic rings. The Hall–Kier alpha value is -2.11. The Labute approximate surface area is 97.7 Å². The minimum absolute atomic E-state index is 0.0148. The second-order valence-corrected chi connectivity index (χ2v) is 3.27. The second kappa shape index (κ2) is 5.83. The molecular weight excluding hydrogens is 227 g/mol. The number of esters is 1. The van der Waals surface area contributed by atoms with E-state index in [-0.39, 0.29) is 11.3 Å². The molecule has 6 heteroatoms. The van der Waals surface area contributed by atoms with E-state index in [9.17, 15) is 14.0 Å². The number of carbonyl (C=O) groups excluding carboxylic acids is 2. The van der Waals surface area contributed by atoms with Gasteiger partial charge in [-0.1, -0.05) is 0 Å². The van der Waals surface area contributed by atoms with Crippen LogP contribution in [0.5, 0.6) is 0 Å². The van der Waals surface area contributed by atoms with Crippen molar-refractivity contribution in [3.05, 3.63) is 29.6 Å². The van der Waals surface area contributed by atoms with Crippen molar-refractivity contribution in [3.8, 4) is 0 Å². The summed E-state index contributed by atoms with van der Waals surface area (Å²) < 4.78 is 17.7. The fourth-order valence-electron chi connectivity index (χ4n) is 1.12. The van der Waals surface area contributed by atoms with Crippen LogP contribution in [0.25, 0.3) is 0 Å². The van der Waals surface area contributed by atoms with Crippen LogP contribution in [0.15, 0.2) is 18.2 Å². The van der Waals surface area contributed by atoms with Gasteiger partial charge in [0.05, 0.1) is 11.3 Å². The Bertz CT molecular complexity index is 435. The number of carbonyl (C=O) groups is 2. The lowest BCUT2D eigenvalue weighted by Gasteiger charge is -2.05. The lowest BCUT2D eigenvalue weighted by molar-refractivity contribution is -0.124. The van der Waals surface area contributed by atoms with E-state index in [1.807, 2.05) is 0 Å². The lowest BCUT2D eigenvalue weighted by Crippen LogP contribution is -2.28. The van der Waals surface area contributed by atoms with Gasteiger partial charge < -0.3 is 15.8 Å². The molecular formula is C11H13FN2O3. The van der Waals surface area contributed by atoms with Crippen LogP contribution in [-0.4, -0.2) is 25.0 Å². The number of likely N-dealkylation sites (N-methyl/N-ethyl adjacent to an activating group) is 1. The van der Waals surface area contributed by atoms with Crippen molar-refractivity contribution in [2.24, 2.45) is 0 Å². The third kappa shape index (κ3) is 3.75. The van der Waals surface area contributed by atoms with Gasteiger partial charge in [0.1, 0.15) is 5.82 Å². The molecule has 0 fully saturated rings. The molecule has 0 atom stereocenters. The Morgan fingerprint density at radius 1 is 1.47 bits per heavy atom. The highest BCUT2D eigenvalue weighted by Crippen LogP contribution is 2.12. The summed E-state index contributed by atoms with van der Waals surface area (Å²) in [6.07, 6.45) is 0. The summed E-state index contributed by atoms with van der Waals surface area (Å²) in [6, 6.07) is 3.56. The van der Waals surface area contributed by atoms with Crippen molar-refractivity contribution in [1.82, 2.24) is 5.32 Å². The van der Waals surface area contributed by atoms with Crippen LogP contribution in [0.4, 0.5) is 10.1 Å². The first-order valence-corrected chi connectivity index (χ1v) is 5.03. The molecule has 17 heavy (non-hydrogen) atoms. The third-order valence-electron chi connectivity index (χ3n) is 1.94. The zero-order valence-corrected chi connectivity index (χ0v) is 9.33. The maximum atomic E-state index is 13.0. The first kappa shape index (κ1) is 13.0. The van der Waals surface area contributed by atoms with Crippen molar-refractivity contribution < 1.29 is 18.7 Å². The van der Waals surface area contributed by atoms with E-state index in [1.54, 1.807) is 6.92 Å². The van der Waals surface area contributed by atoms with Gasteiger partial charge in [0.25, 0.3) is 5.91 Å². The van der Waals surface area contributed by atoms with Crippen molar-refractivity contribution in [2.75, 3.05) is 18.9 Å². The minimum atomic E-state index is -0.768. The zero-order valence-electron chi connectivity index (χ0n) is 9.33. The van der Waals surface area contributed by atoms with Crippen molar-refractivity contribution in [3.63, 3.8) is 0 Å². The zero-order chi connectivity index (χ0) is 12.8. The molecule has 5 nitrogen and oxygen atoms in total. The molecule has 1 rings (SSSR count). The Balaban J connectivity index is 2.58. The summed E-state index contributed by atoms with van der Waals surface area (Å²) in [7, 11) is 0. The number of nitrogen functional groups attached to an aromatic ring is 1. The highest BCUT2D eigenvalue weighted by molar-refractivity contribution is 5.91. The van der Waals surface area contributed by atoms with Crippen LogP contribution in [0.2, 0.25) is 0 Å². The maximum absolute atomic E-state index is 13.0. The Kier molecular flexibility index (Phi) is 4.45. The Morgan fingerprint density at radius 2 is 2.18 bits per heavy atom. The van der Waals surface area contributed by atoms with Crippen molar-refractivity contribution in [1.29, 1.82) is 0 Å². The van der Waals surface area contributed by atoms with E-state index >= 15 is 0 Å². The quantitative estimate of drug-likeness (QED) is 0.599. The smallest absolute Gasteiger partial charge is 0.338 e. The summed E-state index contributed by atoms with van der Waals surface area (Å²) in [5.41, 5.74) is 5.22. The van der Waals surface area contributed by atoms with Gasteiger partial charge >= 0.3 is 5.97 Å². The fourth-order valence-corrected chi connectivity index (χ4v) is 1.12. The first-order chi connectivity index (χ1) is 8.04. The van der Waals surface area contributed by atoms with Gasteiger partial charge in [-0.25, -0.2) is 9.18 Å². The number of nitrogens with two attached hydrogens (primary N) is 1. The van der Waals surface area contributed by atoms with Gasteiger partial charge in [0.15, 0.2) is 6.61 Å². The number of amides is 1. The number of nitrogens with one attached hydrogen (secondary N) is 1. The van der Waals surface area contributed by atoms with E-state index in [1.165, 1.54) is 12.1 Å². The van der Waals surface area contributed by atoms with E-state index in [0.29, 0.717) is 6.54 Å². The predicted molar refractivity (Wildman–Crippen MR) is 59.8 cm³/mol. The van der Waals surface area contributed by atoms with Crippen LogP contribution in [0.3, 0.4) is 0 Å². The molecule has 1 amide bonds. The normalized spacial score (nSPS) is 9.76. The Morgan fingerprint density at radius 3 is 2.76 bits per heavy atom. The lowest BCUT2D eigenvalue weighted by atomic mass is 10.2. The molecule has 0 aliphatic carbocycles. The first-order valence-electron chi connectivity index (χ1n) is 5.03. The van der Waals surface area contributed by atoms with Gasteiger partial charge in [-0.15, -0.1) is 0 Å². The van der Waals surface area contributed by atoms with Crippen molar-refractivity contribution >= 4 is 17.6 Å². The topological polar surface area (TPSA) is 81.4 Å². The van der Waals surface area contributed by atoms with Crippen LogP contribution in [-0.2, 0) is 9.53 Å². The van der Waals surface area contributed by atoms with Gasteiger partial charge in [-0.3, -0.25) is 4.79 Å². The number of hydrogen-bond donors (Lipinski definition) is 2. The van der Waals surface area contributed by atoms with E-state index in [4.69, 9.17) is 5.73 Å². The SMILES string of the molecule is CCNC(=O)COC(=O)c1ccc(N)c(F)c1.